The predicted molar refractivity (Wildman–Crippen MR) is 128 cm³/mol. The highest BCUT2D eigenvalue weighted by atomic mass is 32.2. The van der Waals surface area contributed by atoms with Crippen molar-refractivity contribution >= 4 is 29.2 Å². The van der Waals surface area contributed by atoms with Crippen LogP contribution in [0.15, 0.2) is 49.6 Å². The minimum absolute atomic E-state index is 0.0231. The van der Waals surface area contributed by atoms with E-state index in [-0.39, 0.29) is 46.8 Å². The van der Waals surface area contributed by atoms with Crippen molar-refractivity contribution < 1.29 is 9.21 Å². The van der Waals surface area contributed by atoms with E-state index in [1.807, 2.05) is 58.0 Å². The number of rotatable bonds is 9. The van der Waals surface area contributed by atoms with Crippen LogP contribution in [0.4, 0.5) is 11.5 Å². The molecule has 0 atom stereocenters. The topological polar surface area (TPSA) is 140 Å². The summed E-state index contributed by atoms with van der Waals surface area (Å²) in [7, 11) is 0. The van der Waals surface area contributed by atoms with Crippen LogP contribution in [0.25, 0.3) is 11.5 Å². The Bertz CT molecular complexity index is 1220. The molecule has 0 radical (unpaired) electrons. The highest BCUT2D eigenvalue weighted by Crippen LogP contribution is 2.25. The van der Waals surface area contributed by atoms with Gasteiger partial charge in [0.2, 0.25) is 11.8 Å². The van der Waals surface area contributed by atoms with Crippen LogP contribution in [0.2, 0.25) is 0 Å². The van der Waals surface area contributed by atoms with Crippen molar-refractivity contribution in [3.05, 3.63) is 51.2 Å². The Morgan fingerprint density at radius 3 is 2.48 bits per heavy atom. The second-order valence-electron chi connectivity index (χ2n) is 8.42. The molecule has 11 heteroatoms. The van der Waals surface area contributed by atoms with Crippen molar-refractivity contribution in [2.45, 2.75) is 39.5 Å². The summed E-state index contributed by atoms with van der Waals surface area (Å²) in [5.74, 6) is 0.0821. The molecule has 10 nitrogen and oxygen atoms in total. The first-order chi connectivity index (χ1) is 15.7. The number of carbonyl (C=O) groups excluding carboxylic acids is 1. The highest BCUT2D eigenvalue weighted by Gasteiger charge is 2.26. The first-order valence-electron chi connectivity index (χ1n) is 10.6. The maximum absolute atomic E-state index is 13.2. The summed E-state index contributed by atoms with van der Waals surface area (Å²) in [6.07, 6.45) is 0. The molecule has 33 heavy (non-hydrogen) atoms. The van der Waals surface area contributed by atoms with Crippen molar-refractivity contribution in [2.75, 3.05) is 22.9 Å². The average molecular weight is 473 g/mol. The lowest BCUT2D eigenvalue weighted by atomic mass is 10.2. The maximum atomic E-state index is 13.2. The molecule has 3 aromatic rings. The van der Waals surface area contributed by atoms with Crippen LogP contribution in [0.1, 0.15) is 27.7 Å². The third kappa shape index (κ3) is 5.92. The minimum Gasteiger partial charge on any atom is -0.411 e. The van der Waals surface area contributed by atoms with Gasteiger partial charge in [-0.25, -0.2) is 4.79 Å². The van der Waals surface area contributed by atoms with Crippen molar-refractivity contribution in [3.8, 4) is 11.5 Å². The zero-order chi connectivity index (χ0) is 24.1. The number of nitrogens with zero attached hydrogens (tertiary/aromatic N) is 4. The van der Waals surface area contributed by atoms with Gasteiger partial charge in [-0.1, -0.05) is 57.7 Å². The molecule has 0 bridgehead atoms. The lowest BCUT2D eigenvalue weighted by molar-refractivity contribution is -0.116. The van der Waals surface area contributed by atoms with E-state index >= 15 is 0 Å². The number of anilines is 2. The Balaban J connectivity index is 1.85. The summed E-state index contributed by atoms with van der Waals surface area (Å²) in [6, 6.07) is 9.30. The number of hydrogen-bond donors (Lipinski definition) is 2. The van der Waals surface area contributed by atoms with Crippen LogP contribution in [0.5, 0.6) is 0 Å². The minimum atomic E-state index is -0.694. The summed E-state index contributed by atoms with van der Waals surface area (Å²) in [4.78, 5) is 41.7. The van der Waals surface area contributed by atoms with Gasteiger partial charge in [0, 0.05) is 18.7 Å². The van der Waals surface area contributed by atoms with Crippen LogP contribution in [-0.2, 0) is 11.3 Å². The summed E-state index contributed by atoms with van der Waals surface area (Å²) in [6.45, 7) is 8.28. The fourth-order valence-electron chi connectivity index (χ4n) is 3.23. The van der Waals surface area contributed by atoms with E-state index in [9.17, 15) is 14.4 Å². The molecule has 3 rings (SSSR count). The molecule has 1 amide bonds. The molecule has 0 unspecified atom stereocenters. The van der Waals surface area contributed by atoms with Crippen molar-refractivity contribution in [3.63, 3.8) is 0 Å². The normalized spacial score (nSPS) is 11.3. The predicted octanol–water partition coefficient (Wildman–Crippen LogP) is 2.61. The highest BCUT2D eigenvalue weighted by molar-refractivity contribution is 7.99. The number of thioether (sulfide) groups is 1. The maximum Gasteiger partial charge on any atom is 0.330 e. The fraction of sp³-hybridized carbons (Fsp3) is 0.409. The first-order valence-corrected chi connectivity index (χ1v) is 11.6. The molecule has 0 aliphatic rings. The molecule has 0 spiro atoms. The number of carbonyl (C=O) groups is 1. The number of nitrogens with one attached hydrogen (secondary N) is 1. The van der Waals surface area contributed by atoms with E-state index in [1.165, 1.54) is 9.47 Å². The monoisotopic (exact) mass is 472 g/mol. The Hall–Kier alpha value is -3.34. The van der Waals surface area contributed by atoms with Gasteiger partial charge in [-0.05, 0) is 24.0 Å². The molecule has 0 saturated carbocycles. The van der Waals surface area contributed by atoms with Crippen molar-refractivity contribution in [1.82, 2.24) is 19.7 Å². The van der Waals surface area contributed by atoms with E-state index in [0.717, 1.165) is 17.3 Å². The van der Waals surface area contributed by atoms with Gasteiger partial charge in [0.05, 0.1) is 5.75 Å². The third-order valence-electron chi connectivity index (χ3n) is 4.63. The number of H-pyrrole nitrogens is 1. The fourth-order valence-corrected chi connectivity index (χ4v) is 3.87. The van der Waals surface area contributed by atoms with Crippen molar-refractivity contribution in [2.24, 2.45) is 11.8 Å². The smallest absolute Gasteiger partial charge is 0.330 e. The summed E-state index contributed by atoms with van der Waals surface area (Å²) in [5, 5.41) is 8.24. The zero-order valence-electron chi connectivity index (χ0n) is 19.1. The van der Waals surface area contributed by atoms with Gasteiger partial charge in [-0.3, -0.25) is 19.1 Å². The number of aromatic amines is 1. The second kappa shape index (κ2) is 10.5. The molecule has 1 aromatic carbocycles. The second-order valence-corrected chi connectivity index (χ2v) is 9.35. The van der Waals surface area contributed by atoms with Gasteiger partial charge in [0.25, 0.3) is 10.8 Å². The summed E-state index contributed by atoms with van der Waals surface area (Å²) < 4.78 is 6.94. The lowest BCUT2D eigenvalue weighted by Crippen LogP contribution is -2.43. The Labute approximate surface area is 195 Å². The Morgan fingerprint density at radius 1 is 1.15 bits per heavy atom. The Morgan fingerprint density at radius 2 is 1.85 bits per heavy atom. The lowest BCUT2D eigenvalue weighted by Gasteiger charge is -2.26. The molecule has 2 heterocycles. The van der Waals surface area contributed by atoms with E-state index < -0.39 is 11.2 Å². The number of nitrogen functional groups attached to an aromatic ring is 1. The Kier molecular flexibility index (Phi) is 7.75. The number of nitrogens with two attached hydrogens (primary N) is 1. The molecule has 176 valence electrons. The SMILES string of the molecule is CC(C)CN(C(=O)CSc1nnc(-c2ccccc2)o1)c1c(N)n(CC(C)C)c(=O)[nH]c1=O. The molecular weight excluding hydrogens is 444 g/mol. The number of hydrogen-bond acceptors (Lipinski definition) is 8. The van der Waals surface area contributed by atoms with Gasteiger partial charge in [-0.15, -0.1) is 10.2 Å². The first kappa shape index (κ1) is 24.3. The largest absolute Gasteiger partial charge is 0.411 e. The quantitative estimate of drug-likeness (QED) is 0.453. The van der Waals surface area contributed by atoms with E-state index in [0.29, 0.717) is 12.4 Å². The molecule has 3 N–H and O–H groups in total. The van der Waals surface area contributed by atoms with Crippen LogP contribution in [0.3, 0.4) is 0 Å². The zero-order valence-corrected chi connectivity index (χ0v) is 19.9. The van der Waals surface area contributed by atoms with Crippen LogP contribution in [-0.4, -0.2) is 38.0 Å². The molecule has 0 aliphatic heterocycles. The van der Waals surface area contributed by atoms with Crippen LogP contribution < -0.4 is 21.9 Å². The van der Waals surface area contributed by atoms with E-state index in [4.69, 9.17) is 10.2 Å². The summed E-state index contributed by atoms with van der Waals surface area (Å²) >= 11 is 1.07. The van der Waals surface area contributed by atoms with Crippen LogP contribution >= 0.6 is 11.8 Å². The van der Waals surface area contributed by atoms with Crippen molar-refractivity contribution in [1.29, 1.82) is 0 Å². The summed E-state index contributed by atoms with van der Waals surface area (Å²) in [5.41, 5.74) is 5.68. The van der Waals surface area contributed by atoms with Gasteiger partial charge in [0.15, 0.2) is 5.69 Å². The molecule has 2 aromatic heterocycles. The number of amides is 1. The van der Waals surface area contributed by atoms with Gasteiger partial charge in [0.1, 0.15) is 5.82 Å². The van der Waals surface area contributed by atoms with Gasteiger partial charge >= 0.3 is 5.69 Å². The number of benzene rings is 1. The average Bonchev–Trinajstić information content (AvgIpc) is 3.23. The molecule has 0 saturated heterocycles. The van der Waals surface area contributed by atoms with E-state index in [1.54, 1.807) is 0 Å². The third-order valence-corrected chi connectivity index (χ3v) is 5.43. The van der Waals surface area contributed by atoms with Gasteiger partial charge < -0.3 is 15.1 Å². The van der Waals surface area contributed by atoms with Crippen LogP contribution in [0, 0.1) is 11.8 Å². The molecule has 0 fully saturated rings. The molecular formula is C22H28N6O4S. The standard InChI is InChI=1S/C22H28N6O4S/c1-13(2)10-27(17-18(23)28(11-14(3)4)21(31)24-19(17)30)16(29)12-33-22-26-25-20(32-22)15-8-6-5-7-9-15/h5-9,13-14H,10-12,23H2,1-4H3,(H,24,30,31). The van der Waals surface area contributed by atoms with Gasteiger partial charge in [-0.2, -0.15) is 0 Å². The molecule has 0 aliphatic carbocycles. The number of aromatic nitrogens is 4. The van der Waals surface area contributed by atoms with E-state index in [2.05, 4.69) is 15.2 Å².